The Bertz CT molecular complexity index is 126. The number of carbonyl (C=O) groups excluding carboxylic acids is 1. The fourth-order valence-corrected chi connectivity index (χ4v) is 0.728. The molecule has 1 heterocycles. The Morgan fingerprint density at radius 3 is 2.11 bits per heavy atom. The van der Waals surface area contributed by atoms with Gasteiger partial charge in [-0.2, -0.15) is 9.78 Å². The van der Waals surface area contributed by atoms with E-state index in [1.165, 1.54) is 0 Å². The molecule has 0 aromatic rings. The van der Waals surface area contributed by atoms with Crippen LogP contribution in [-0.4, -0.2) is 11.6 Å². The minimum absolute atomic E-state index is 0.0324. The van der Waals surface area contributed by atoms with Gasteiger partial charge in [-0.15, -0.1) is 0 Å². The van der Waals surface area contributed by atoms with Gasteiger partial charge in [0.1, 0.15) is 0 Å². The van der Waals surface area contributed by atoms with Gasteiger partial charge < -0.3 is 0 Å². The lowest BCUT2D eigenvalue weighted by atomic mass is 10.1. The third kappa shape index (κ3) is 0.976. The van der Waals surface area contributed by atoms with Gasteiger partial charge in [-0.3, -0.25) is 4.79 Å². The SMILES string of the molecule is CCC(=O)C1(CC)OO1. The minimum Gasteiger partial charge on any atom is -0.293 e. The van der Waals surface area contributed by atoms with Crippen molar-refractivity contribution < 1.29 is 14.6 Å². The van der Waals surface area contributed by atoms with E-state index < -0.39 is 5.79 Å². The van der Waals surface area contributed by atoms with Crippen LogP contribution in [0.15, 0.2) is 0 Å². The van der Waals surface area contributed by atoms with Gasteiger partial charge in [0, 0.05) is 12.8 Å². The summed E-state index contributed by atoms with van der Waals surface area (Å²) < 4.78 is 0. The summed E-state index contributed by atoms with van der Waals surface area (Å²) in [4.78, 5) is 20.0. The molecule has 1 saturated heterocycles. The van der Waals surface area contributed by atoms with Crippen molar-refractivity contribution in [1.29, 1.82) is 0 Å². The van der Waals surface area contributed by atoms with Gasteiger partial charge in [0.15, 0.2) is 5.78 Å². The first-order valence-corrected chi connectivity index (χ1v) is 3.15. The van der Waals surface area contributed by atoms with E-state index in [0.717, 1.165) is 0 Å². The third-order valence-corrected chi connectivity index (χ3v) is 1.50. The molecule has 0 bridgehead atoms. The highest BCUT2D eigenvalue weighted by molar-refractivity contribution is 5.86. The van der Waals surface area contributed by atoms with Gasteiger partial charge in [0.25, 0.3) is 5.79 Å². The summed E-state index contributed by atoms with van der Waals surface area (Å²) in [6, 6.07) is 0. The fraction of sp³-hybridized carbons (Fsp3) is 0.833. The van der Waals surface area contributed by atoms with Crippen molar-refractivity contribution in [2.24, 2.45) is 0 Å². The summed E-state index contributed by atoms with van der Waals surface area (Å²) in [5, 5.41) is 0. The molecule has 1 fully saturated rings. The highest BCUT2D eigenvalue weighted by Gasteiger charge is 2.53. The third-order valence-electron chi connectivity index (χ3n) is 1.50. The average molecular weight is 130 g/mol. The minimum atomic E-state index is -0.839. The molecule has 1 aliphatic rings. The van der Waals surface area contributed by atoms with Crippen molar-refractivity contribution in [3.63, 3.8) is 0 Å². The van der Waals surface area contributed by atoms with Crippen LogP contribution in [0.5, 0.6) is 0 Å². The fourth-order valence-electron chi connectivity index (χ4n) is 0.728. The van der Waals surface area contributed by atoms with Crippen LogP contribution >= 0.6 is 0 Å². The Morgan fingerprint density at radius 2 is 2.00 bits per heavy atom. The van der Waals surface area contributed by atoms with Crippen LogP contribution in [0.4, 0.5) is 0 Å². The molecule has 0 N–H and O–H groups in total. The van der Waals surface area contributed by atoms with E-state index in [2.05, 4.69) is 9.78 Å². The molecule has 0 radical (unpaired) electrons. The standard InChI is InChI=1S/C6H10O3/c1-3-5(7)6(4-2)8-9-6/h3-4H2,1-2H3. The molecule has 0 aromatic carbocycles. The summed E-state index contributed by atoms with van der Waals surface area (Å²) in [7, 11) is 0. The molecular weight excluding hydrogens is 120 g/mol. The van der Waals surface area contributed by atoms with Crippen molar-refractivity contribution in [3.05, 3.63) is 0 Å². The van der Waals surface area contributed by atoms with Gasteiger partial charge >= 0.3 is 0 Å². The van der Waals surface area contributed by atoms with Crippen LogP contribution in [0, 0.1) is 0 Å². The van der Waals surface area contributed by atoms with Gasteiger partial charge in [0.2, 0.25) is 0 Å². The van der Waals surface area contributed by atoms with E-state index in [0.29, 0.717) is 12.8 Å². The van der Waals surface area contributed by atoms with Crippen LogP contribution < -0.4 is 0 Å². The van der Waals surface area contributed by atoms with Gasteiger partial charge in [0.05, 0.1) is 0 Å². The predicted molar refractivity (Wildman–Crippen MR) is 30.5 cm³/mol. The molecule has 0 aromatic heterocycles. The Kier molecular flexibility index (Phi) is 1.55. The molecule has 52 valence electrons. The molecule has 3 heteroatoms. The molecule has 0 aliphatic carbocycles. The number of rotatable bonds is 3. The zero-order valence-electron chi connectivity index (χ0n) is 5.64. The van der Waals surface area contributed by atoms with E-state index >= 15 is 0 Å². The number of Topliss-reactive ketones (excluding diaryl/α,β-unsaturated/α-hetero) is 1. The van der Waals surface area contributed by atoms with Crippen molar-refractivity contribution >= 4 is 5.78 Å². The van der Waals surface area contributed by atoms with Crippen molar-refractivity contribution in [3.8, 4) is 0 Å². The van der Waals surface area contributed by atoms with Gasteiger partial charge in [-0.05, 0) is 0 Å². The van der Waals surface area contributed by atoms with Crippen molar-refractivity contribution in [1.82, 2.24) is 0 Å². The first-order valence-electron chi connectivity index (χ1n) is 3.15. The molecule has 0 amide bonds. The normalized spacial score (nSPS) is 21.6. The van der Waals surface area contributed by atoms with Crippen LogP contribution in [0.2, 0.25) is 0 Å². The number of hydrogen-bond donors (Lipinski definition) is 0. The second kappa shape index (κ2) is 2.08. The lowest BCUT2D eigenvalue weighted by Crippen LogP contribution is -2.21. The lowest BCUT2D eigenvalue weighted by molar-refractivity contribution is -0.124. The quantitative estimate of drug-likeness (QED) is 0.423. The number of hydrogen-bond acceptors (Lipinski definition) is 3. The lowest BCUT2D eigenvalue weighted by Gasteiger charge is -1.97. The van der Waals surface area contributed by atoms with Crippen molar-refractivity contribution in [2.75, 3.05) is 0 Å². The highest BCUT2D eigenvalue weighted by atomic mass is 17.4. The summed E-state index contributed by atoms with van der Waals surface area (Å²) >= 11 is 0. The topological polar surface area (TPSA) is 42.1 Å². The van der Waals surface area contributed by atoms with E-state index in [-0.39, 0.29) is 5.78 Å². The summed E-state index contributed by atoms with van der Waals surface area (Å²) in [5.74, 6) is -0.806. The van der Waals surface area contributed by atoms with Gasteiger partial charge in [-0.1, -0.05) is 13.8 Å². The highest BCUT2D eigenvalue weighted by Crippen LogP contribution is 2.34. The molecule has 0 unspecified atom stereocenters. The second-order valence-corrected chi connectivity index (χ2v) is 2.05. The molecule has 1 rings (SSSR count). The molecule has 1 aliphatic heterocycles. The number of carbonyl (C=O) groups is 1. The van der Waals surface area contributed by atoms with Gasteiger partial charge in [-0.25, -0.2) is 0 Å². The zero-order chi connectivity index (χ0) is 6.91. The van der Waals surface area contributed by atoms with E-state index in [4.69, 9.17) is 0 Å². The zero-order valence-corrected chi connectivity index (χ0v) is 5.64. The molecule has 9 heavy (non-hydrogen) atoms. The first-order chi connectivity index (χ1) is 4.25. The Labute approximate surface area is 53.9 Å². The average Bonchev–Trinajstić information content (AvgIpc) is 2.66. The Hall–Kier alpha value is -0.410. The Balaban J connectivity index is 2.49. The summed E-state index contributed by atoms with van der Waals surface area (Å²) in [6.45, 7) is 3.66. The molecule has 0 spiro atoms. The van der Waals surface area contributed by atoms with E-state index in [9.17, 15) is 4.79 Å². The van der Waals surface area contributed by atoms with E-state index in [1.807, 2.05) is 6.92 Å². The maximum Gasteiger partial charge on any atom is 0.291 e. The first kappa shape index (κ1) is 6.71. The molecule has 0 atom stereocenters. The molecular formula is C6H10O3. The van der Waals surface area contributed by atoms with Crippen LogP contribution in [0.1, 0.15) is 26.7 Å². The van der Waals surface area contributed by atoms with Crippen LogP contribution in [-0.2, 0) is 14.6 Å². The maximum atomic E-state index is 10.9. The summed E-state index contributed by atoms with van der Waals surface area (Å²) in [6.07, 6.45) is 1.09. The predicted octanol–water partition coefficient (Wildman–Crippen LogP) is 1.03. The summed E-state index contributed by atoms with van der Waals surface area (Å²) in [5.41, 5.74) is 0. The smallest absolute Gasteiger partial charge is 0.291 e. The van der Waals surface area contributed by atoms with Crippen LogP contribution in [0.3, 0.4) is 0 Å². The monoisotopic (exact) mass is 130 g/mol. The number of ketones is 1. The Morgan fingerprint density at radius 1 is 1.44 bits per heavy atom. The maximum absolute atomic E-state index is 10.9. The van der Waals surface area contributed by atoms with E-state index in [1.54, 1.807) is 6.92 Å². The largest absolute Gasteiger partial charge is 0.293 e. The molecule has 0 saturated carbocycles. The van der Waals surface area contributed by atoms with Crippen molar-refractivity contribution in [2.45, 2.75) is 32.5 Å². The second-order valence-electron chi connectivity index (χ2n) is 2.05. The molecule has 3 nitrogen and oxygen atoms in total. The van der Waals surface area contributed by atoms with Crippen LogP contribution in [0.25, 0.3) is 0 Å².